The molecule has 2 heterocycles. The summed E-state index contributed by atoms with van der Waals surface area (Å²) in [6, 6.07) is 8.79. The van der Waals surface area contributed by atoms with Crippen LogP contribution in [-0.4, -0.2) is 14.2 Å². The molecule has 3 aromatic rings. The van der Waals surface area contributed by atoms with Crippen LogP contribution in [0.3, 0.4) is 0 Å². The minimum atomic E-state index is -1.38. The van der Waals surface area contributed by atoms with Crippen molar-refractivity contribution in [3.05, 3.63) is 46.7 Å². The molecular formula is C13H10BrN3O2S. The number of aromatic nitrogens is 2. The van der Waals surface area contributed by atoms with Gasteiger partial charge in [-0.2, -0.15) is 0 Å². The highest BCUT2D eigenvalue weighted by molar-refractivity contribution is 9.10. The highest BCUT2D eigenvalue weighted by Crippen LogP contribution is 2.21. The molecule has 0 saturated carbocycles. The first-order valence-corrected chi connectivity index (χ1v) is 7.88. The number of fused-ring (bicyclic) bond motifs is 1. The Labute approximate surface area is 125 Å². The lowest BCUT2D eigenvalue weighted by atomic mass is 10.3. The summed E-state index contributed by atoms with van der Waals surface area (Å²) in [6.07, 6.45) is 1.67. The van der Waals surface area contributed by atoms with Gasteiger partial charge in [0.05, 0.1) is 11.4 Å². The van der Waals surface area contributed by atoms with E-state index in [1.807, 2.05) is 12.1 Å². The normalized spacial score (nSPS) is 12.7. The highest BCUT2D eigenvalue weighted by atomic mass is 79.9. The lowest BCUT2D eigenvalue weighted by molar-refractivity contribution is 0.477. The molecule has 2 aromatic heterocycles. The van der Waals surface area contributed by atoms with Crippen LogP contribution >= 0.6 is 15.9 Å². The van der Waals surface area contributed by atoms with Gasteiger partial charge in [-0.15, -0.1) is 0 Å². The van der Waals surface area contributed by atoms with Crippen LogP contribution in [0.4, 0.5) is 5.69 Å². The number of nitrogens with zero attached hydrogens (tertiary/aromatic N) is 2. The molecule has 0 spiro atoms. The van der Waals surface area contributed by atoms with E-state index in [0.29, 0.717) is 22.5 Å². The van der Waals surface area contributed by atoms with Crippen molar-refractivity contribution in [3.63, 3.8) is 0 Å². The Balaban J connectivity index is 1.86. The molecule has 0 aliphatic rings. The van der Waals surface area contributed by atoms with E-state index in [-0.39, 0.29) is 11.0 Å². The Morgan fingerprint density at radius 2 is 2.15 bits per heavy atom. The number of rotatable bonds is 3. The molecule has 0 amide bonds. The van der Waals surface area contributed by atoms with E-state index in [9.17, 15) is 4.21 Å². The Kier molecular flexibility index (Phi) is 3.54. The molecular weight excluding hydrogens is 342 g/mol. The van der Waals surface area contributed by atoms with Gasteiger partial charge in [-0.05, 0) is 46.3 Å². The third-order valence-corrected chi connectivity index (χ3v) is 4.25. The molecule has 0 saturated heterocycles. The van der Waals surface area contributed by atoms with Crippen molar-refractivity contribution in [3.8, 4) is 0 Å². The maximum Gasteiger partial charge on any atom is 0.288 e. The first-order chi connectivity index (χ1) is 9.61. The first-order valence-electron chi connectivity index (χ1n) is 5.77. The van der Waals surface area contributed by atoms with E-state index < -0.39 is 10.8 Å². The number of nitrogens with two attached hydrogens (primary N) is 1. The van der Waals surface area contributed by atoms with Crippen molar-refractivity contribution >= 4 is 43.5 Å². The molecule has 0 fully saturated rings. The van der Waals surface area contributed by atoms with Gasteiger partial charge in [0.25, 0.3) is 5.22 Å². The second-order valence-electron chi connectivity index (χ2n) is 4.16. The van der Waals surface area contributed by atoms with Gasteiger partial charge >= 0.3 is 0 Å². The molecule has 5 nitrogen and oxygen atoms in total. The smallest absolute Gasteiger partial charge is 0.288 e. The number of benzene rings is 1. The summed E-state index contributed by atoms with van der Waals surface area (Å²) in [5.74, 6) is 0.260. The van der Waals surface area contributed by atoms with Crippen LogP contribution in [0.1, 0.15) is 5.69 Å². The second-order valence-corrected chi connectivity index (χ2v) is 6.41. The summed E-state index contributed by atoms with van der Waals surface area (Å²) in [7, 11) is -1.38. The number of anilines is 1. The topological polar surface area (TPSA) is 82.0 Å². The monoisotopic (exact) mass is 351 g/mol. The zero-order valence-electron chi connectivity index (χ0n) is 10.2. The predicted molar refractivity (Wildman–Crippen MR) is 80.5 cm³/mol. The van der Waals surface area contributed by atoms with Gasteiger partial charge in [0.15, 0.2) is 5.58 Å². The molecule has 3 rings (SSSR count). The average Bonchev–Trinajstić information content (AvgIpc) is 2.84. The summed E-state index contributed by atoms with van der Waals surface area (Å²) in [4.78, 5) is 8.39. The standard InChI is InChI=1S/C13H10BrN3O2S/c14-8-1-3-10(16-6-8)7-20(18)13-17-11-5-9(15)2-4-12(11)19-13/h1-6H,7,15H2. The second kappa shape index (κ2) is 5.34. The number of oxazole rings is 1. The van der Waals surface area contributed by atoms with Crippen LogP contribution in [0.2, 0.25) is 0 Å². The van der Waals surface area contributed by atoms with Crippen molar-refractivity contribution in [2.75, 3.05) is 5.73 Å². The minimum Gasteiger partial charge on any atom is -0.430 e. The molecule has 0 radical (unpaired) electrons. The third-order valence-electron chi connectivity index (χ3n) is 2.65. The van der Waals surface area contributed by atoms with Gasteiger partial charge in [-0.25, -0.2) is 9.19 Å². The number of halogens is 1. The van der Waals surface area contributed by atoms with Crippen molar-refractivity contribution in [2.24, 2.45) is 0 Å². The minimum absolute atomic E-state index is 0.190. The molecule has 1 unspecified atom stereocenters. The molecule has 20 heavy (non-hydrogen) atoms. The van der Waals surface area contributed by atoms with Gasteiger partial charge in [0, 0.05) is 16.4 Å². The highest BCUT2D eigenvalue weighted by Gasteiger charge is 2.14. The van der Waals surface area contributed by atoms with E-state index in [0.717, 1.165) is 4.47 Å². The van der Waals surface area contributed by atoms with Crippen LogP contribution in [-0.2, 0) is 16.6 Å². The van der Waals surface area contributed by atoms with Gasteiger partial charge < -0.3 is 10.2 Å². The summed E-state index contributed by atoms with van der Waals surface area (Å²) in [5.41, 5.74) is 8.17. The maximum absolute atomic E-state index is 12.2. The fourth-order valence-electron chi connectivity index (χ4n) is 1.71. The van der Waals surface area contributed by atoms with Crippen LogP contribution in [0.25, 0.3) is 11.1 Å². The third kappa shape index (κ3) is 2.73. The van der Waals surface area contributed by atoms with E-state index in [2.05, 4.69) is 25.9 Å². The number of pyridine rings is 1. The van der Waals surface area contributed by atoms with E-state index in [4.69, 9.17) is 10.2 Å². The van der Waals surface area contributed by atoms with Gasteiger partial charge in [-0.1, -0.05) is 0 Å². The van der Waals surface area contributed by atoms with Crippen molar-refractivity contribution in [1.29, 1.82) is 0 Å². The molecule has 7 heteroatoms. The molecule has 0 aliphatic carbocycles. The lowest BCUT2D eigenvalue weighted by Crippen LogP contribution is -1.98. The Hall–Kier alpha value is -1.73. The first kappa shape index (κ1) is 13.3. The van der Waals surface area contributed by atoms with Crippen molar-refractivity contribution < 1.29 is 8.63 Å². The maximum atomic E-state index is 12.2. The van der Waals surface area contributed by atoms with Crippen LogP contribution < -0.4 is 5.73 Å². The quantitative estimate of drug-likeness (QED) is 0.733. The summed E-state index contributed by atoms with van der Waals surface area (Å²) >= 11 is 3.31. The van der Waals surface area contributed by atoms with Crippen LogP contribution in [0.15, 0.2) is 50.6 Å². The molecule has 102 valence electrons. The number of hydrogen-bond acceptors (Lipinski definition) is 5. The molecule has 2 N–H and O–H groups in total. The molecule has 0 aliphatic heterocycles. The largest absolute Gasteiger partial charge is 0.430 e. The lowest BCUT2D eigenvalue weighted by Gasteiger charge is -1.98. The number of nitrogen functional groups attached to an aromatic ring is 1. The Morgan fingerprint density at radius 1 is 1.30 bits per heavy atom. The van der Waals surface area contributed by atoms with Crippen molar-refractivity contribution in [1.82, 2.24) is 9.97 Å². The molecule has 1 atom stereocenters. The SMILES string of the molecule is Nc1ccc2oc(S(=O)Cc3ccc(Br)cn3)nc2c1. The molecule has 0 bridgehead atoms. The fraction of sp³-hybridized carbons (Fsp3) is 0.0769. The summed E-state index contributed by atoms with van der Waals surface area (Å²) < 4.78 is 18.6. The molecule has 1 aromatic carbocycles. The van der Waals surface area contributed by atoms with Gasteiger partial charge in [0.1, 0.15) is 16.3 Å². The van der Waals surface area contributed by atoms with Crippen molar-refractivity contribution in [2.45, 2.75) is 11.0 Å². The fourth-order valence-corrected chi connectivity index (χ4v) is 2.89. The summed E-state index contributed by atoms with van der Waals surface area (Å²) in [5, 5.41) is 0.190. The zero-order valence-corrected chi connectivity index (χ0v) is 12.6. The van der Waals surface area contributed by atoms with Crippen LogP contribution in [0.5, 0.6) is 0 Å². The number of hydrogen-bond donors (Lipinski definition) is 1. The van der Waals surface area contributed by atoms with Gasteiger partial charge in [-0.3, -0.25) is 4.98 Å². The van der Waals surface area contributed by atoms with Crippen LogP contribution in [0, 0.1) is 0 Å². The average molecular weight is 352 g/mol. The Morgan fingerprint density at radius 3 is 2.90 bits per heavy atom. The van der Waals surface area contributed by atoms with Gasteiger partial charge in [0.2, 0.25) is 0 Å². The zero-order chi connectivity index (χ0) is 14.1. The predicted octanol–water partition coefficient (Wildman–Crippen LogP) is 2.88. The Bertz CT molecular complexity index is 786. The van der Waals surface area contributed by atoms with E-state index in [1.165, 1.54) is 0 Å². The summed E-state index contributed by atoms with van der Waals surface area (Å²) in [6.45, 7) is 0. The van der Waals surface area contributed by atoms with E-state index >= 15 is 0 Å². The van der Waals surface area contributed by atoms with E-state index in [1.54, 1.807) is 24.4 Å².